The third-order valence-electron chi connectivity index (χ3n) is 1.83. The summed E-state index contributed by atoms with van der Waals surface area (Å²) in [7, 11) is 1.62. The molecule has 2 rings (SSSR count). The summed E-state index contributed by atoms with van der Waals surface area (Å²) >= 11 is 0. The van der Waals surface area contributed by atoms with E-state index in [-0.39, 0.29) is 31.1 Å². The number of methoxy groups -OCH3 is 1. The van der Waals surface area contributed by atoms with E-state index in [4.69, 9.17) is 4.74 Å². The van der Waals surface area contributed by atoms with Crippen LogP contribution in [0.1, 0.15) is 0 Å². The van der Waals surface area contributed by atoms with Crippen molar-refractivity contribution in [1.29, 1.82) is 0 Å². The van der Waals surface area contributed by atoms with Gasteiger partial charge >= 0.3 is 31.1 Å². The topological polar surface area (TPSA) is 9.23 Å². The van der Waals surface area contributed by atoms with Gasteiger partial charge in [-0.1, -0.05) is 0 Å². The van der Waals surface area contributed by atoms with Crippen molar-refractivity contribution in [3.05, 3.63) is 96.9 Å². The van der Waals surface area contributed by atoms with Crippen molar-refractivity contribution in [1.82, 2.24) is 0 Å². The van der Waals surface area contributed by atoms with Crippen LogP contribution < -0.4 is 0 Å². The first kappa shape index (κ1) is 17.8. The van der Waals surface area contributed by atoms with Gasteiger partial charge < -0.3 is 4.74 Å². The SMILES string of the molecule is COC1=[C-]/C=C\C=[C-]/C=C\1.[C-]1=C\C=C/[C-]=C\C=C/1.[U+4]. The summed E-state index contributed by atoms with van der Waals surface area (Å²) in [6.45, 7) is 0. The molecule has 0 bridgehead atoms. The minimum Gasteiger partial charge on any atom is -0.523 e. The Morgan fingerprint density at radius 3 is 1.89 bits per heavy atom. The van der Waals surface area contributed by atoms with Gasteiger partial charge in [-0.25, -0.2) is 0 Å². The van der Waals surface area contributed by atoms with E-state index >= 15 is 0 Å². The normalized spacial score (nSPS) is 29.6. The molecular weight excluding hydrogens is 458 g/mol. The predicted molar refractivity (Wildman–Crippen MR) is 73.8 cm³/mol. The Balaban J connectivity index is 0.000000331. The first-order chi connectivity index (χ1) is 8.93. The van der Waals surface area contributed by atoms with Crippen LogP contribution in [0.3, 0.4) is 0 Å². The predicted octanol–water partition coefficient (Wildman–Crippen LogP) is 3.64. The molecule has 0 unspecified atom stereocenters. The molecule has 92 valence electrons. The van der Waals surface area contributed by atoms with Crippen LogP contribution >= 0.6 is 0 Å². The molecule has 0 atom stereocenters. The molecule has 1 nitrogen and oxygen atoms in total. The van der Waals surface area contributed by atoms with Crippen LogP contribution in [0.25, 0.3) is 0 Å². The Morgan fingerprint density at radius 1 is 0.789 bits per heavy atom. The monoisotopic (exact) mass is 472 g/mol. The summed E-state index contributed by atoms with van der Waals surface area (Å²) in [6.07, 6.45) is 31.9. The first-order valence-electron chi connectivity index (χ1n) is 5.51. The largest absolute Gasteiger partial charge is 4.00 e. The Bertz CT molecular complexity index is 402. The molecule has 0 radical (unpaired) electrons. The zero-order valence-corrected chi connectivity index (χ0v) is 14.9. The van der Waals surface area contributed by atoms with E-state index in [0.29, 0.717) is 0 Å². The second-order valence-electron chi connectivity index (χ2n) is 3.12. The summed E-state index contributed by atoms with van der Waals surface area (Å²) in [5.41, 5.74) is 0. The number of allylic oxidation sites excluding steroid dienone is 15. The molecule has 2 heteroatoms. The molecule has 0 aromatic heterocycles. The molecule has 0 aliphatic heterocycles. The third-order valence-corrected chi connectivity index (χ3v) is 1.83. The van der Waals surface area contributed by atoms with Crippen molar-refractivity contribution in [2.45, 2.75) is 0 Å². The fraction of sp³-hybridized carbons (Fsp3) is 0.0588. The maximum absolute atomic E-state index is 4.94. The molecule has 2 aliphatic carbocycles. The molecule has 0 aromatic carbocycles. The molecule has 0 N–H and O–H groups in total. The smallest absolute Gasteiger partial charge is 0.523 e. The van der Waals surface area contributed by atoms with E-state index in [1.165, 1.54) is 0 Å². The molecule has 0 fully saturated rings. The van der Waals surface area contributed by atoms with Crippen LogP contribution in [-0.2, 0) is 4.74 Å². The number of ether oxygens (including phenoxy) is 1. The first-order valence-corrected chi connectivity index (χ1v) is 5.51. The van der Waals surface area contributed by atoms with Crippen molar-refractivity contribution >= 4 is 0 Å². The van der Waals surface area contributed by atoms with Crippen molar-refractivity contribution in [2.75, 3.05) is 7.11 Å². The van der Waals surface area contributed by atoms with Gasteiger partial charge in [-0.05, 0) is 0 Å². The van der Waals surface area contributed by atoms with E-state index in [2.05, 4.69) is 24.3 Å². The van der Waals surface area contributed by atoms with Crippen LogP contribution in [0.4, 0.5) is 0 Å². The third kappa shape index (κ3) is 10.4. The summed E-state index contributed by atoms with van der Waals surface area (Å²) in [4.78, 5) is 0. The minimum atomic E-state index is 0. The van der Waals surface area contributed by atoms with Crippen LogP contribution in [0.2, 0.25) is 0 Å². The zero-order valence-electron chi connectivity index (χ0n) is 10.8. The molecule has 0 aromatic rings. The van der Waals surface area contributed by atoms with E-state index in [1.54, 1.807) is 25.3 Å². The van der Waals surface area contributed by atoms with Gasteiger partial charge in [0.2, 0.25) is 0 Å². The molecular formula is C17H14OU. The molecule has 0 saturated carbocycles. The van der Waals surface area contributed by atoms with Gasteiger partial charge in [-0.2, -0.15) is 79.0 Å². The molecule has 2 aliphatic rings. The Hall–Kier alpha value is -1.23. The summed E-state index contributed by atoms with van der Waals surface area (Å²) in [5, 5.41) is 0. The van der Waals surface area contributed by atoms with Gasteiger partial charge in [-0.15, -0.1) is 12.2 Å². The molecule has 0 heterocycles. The number of rotatable bonds is 1. The minimum absolute atomic E-state index is 0. The van der Waals surface area contributed by atoms with Gasteiger partial charge in [0.15, 0.2) is 0 Å². The van der Waals surface area contributed by atoms with Crippen molar-refractivity contribution in [3.8, 4) is 0 Å². The van der Waals surface area contributed by atoms with Crippen LogP contribution in [-0.4, -0.2) is 7.11 Å². The molecule has 19 heavy (non-hydrogen) atoms. The van der Waals surface area contributed by atoms with E-state index < -0.39 is 0 Å². The zero-order chi connectivity index (χ0) is 12.9. The molecule has 0 amide bonds. The summed E-state index contributed by atoms with van der Waals surface area (Å²) in [5.74, 6) is 0.719. The fourth-order valence-corrected chi connectivity index (χ4v) is 1.02. The average molecular weight is 472 g/mol. The van der Waals surface area contributed by atoms with E-state index in [9.17, 15) is 0 Å². The van der Waals surface area contributed by atoms with Gasteiger partial charge in [0.05, 0.1) is 7.11 Å². The Kier molecular flexibility index (Phi) is 12.4. The van der Waals surface area contributed by atoms with E-state index in [1.807, 2.05) is 48.6 Å². The van der Waals surface area contributed by atoms with Crippen molar-refractivity contribution in [2.24, 2.45) is 0 Å². The maximum Gasteiger partial charge on any atom is 4.00 e. The van der Waals surface area contributed by atoms with E-state index in [0.717, 1.165) is 5.76 Å². The summed E-state index contributed by atoms with van der Waals surface area (Å²) < 4.78 is 4.94. The van der Waals surface area contributed by atoms with Crippen LogP contribution in [0, 0.1) is 55.4 Å². The van der Waals surface area contributed by atoms with Gasteiger partial charge in [0.25, 0.3) is 0 Å². The Morgan fingerprint density at radius 2 is 1.32 bits per heavy atom. The quantitative estimate of drug-likeness (QED) is 0.530. The Labute approximate surface area is 139 Å². The van der Waals surface area contributed by atoms with Crippen molar-refractivity contribution < 1.29 is 35.9 Å². The van der Waals surface area contributed by atoms with Crippen LogP contribution in [0.5, 0.6) is 0 Å². The maximum atomic E-state index is 4.94. The second kappa shape index (κ2) is 13.2. The molecule has 0 spiro atoms. The fourth-order valence-electron chi connectivity index (χ4n) is 1.02. The van der Waals surface area contributed by atoms with Gasteiger partial charge in [0, 0.05) is 5.76 Å². The summed E-state index contributed by atoms with van der Waals surface area (Å²) in [6, 6.07) is 0. The number of hydrogen-bond donors (Lipinski definition) is 0. The van der Waals surface area contributed by atoms with Gasteiger partial charge in [-0.3, -0.25) is 0 Å². The molecule has 0 saturated heterocycles. The van der Waals surface area contributed by atoms with Crippen LogP contribution in [0.15, 0.2) is 72.6 Å². The van der Waals surface area contributed by atoms with Gasteiger partial charge in [0.1, 0.15) is 0 Å². The van der Waals surface area contributed by atoms with Crippen molar-refractivity contribution in [3.63, 3.8) is 0 Å². The average Bonchev–Trinajstić information content (AvgIpc) is 2.28. The standard InChI is InChI=1S/C9H8O.C8H6.U/c1-10-9-7-5-3-2-4-6-8-9;1-2-4-6-8-7-5-3-1;/h2-3,5-6,8H,1H3;1-3,6-8H;/q2*-2;+4/b3-2?,5-3-,8-6-,9-8?;2-1-,3-1?,8-6?,8-7-;. The second-order valence-corrected chi connectivity index (χ2v) is 3.12. The number of hydrogen-bond acceptors (Lipinski definition) is 1.